The van der Waals surface area contributed by atoms with Crippen molar-refractivity contribution in [3.63, 3.8) is 0 Å². The average molecular weight is 491 g/mol. The summed E-state index contributed by atoms with van der Waals surface area (Å²) < 4.78 is 38.7. The highest BCUT2D eigenvalue weighted by atomic mass is 35.5. The molecule has 0 bridgehead atoms. The van der Waals surface area contributed by atoms with E-state index < -0.39 is 23.7 Å². The number of carboxylic acids is 1. The SMILES string of the molecule is O=C(O)c1cc(Cl)c(NC(=O)c2cc(-c3nccc(C(F)(F)F)n3)ccc2Cl)c(Cl)c1. The fourth-order valence-corrected chi connectivity index (χ4v) is 3.28. The third-order valence-corrected chi connectivity index (χ3v) is 4.87. The predicted molar refractivity (Wildman–Crippen MR) is 109 cm³/mol. The van der Waals surface area contributed by atoms with Gasteiger partial charge in [0.1, 0.15) is 5.69 Å². The predicted octanol–water partition coefficient (Wildman–Crippen LogP) is 6.07. The lowest BCUT2D eigenvalue weighted by molar-refractivity contribution is -0.141. The highest BCUT2D eigenvalue weighted by Gasteiger charge is 2.33. The number of carbonyl (C=O) groups excluding carboxylic acids is 1. The Bertz CT molecular complexity index is 1180. The van der Waals surface area contributed by atoms with Crippen LogP contribution in [0.4, 0.5) is 18.9 Å². The highest BCUT2D eigenvalue weighted by molar-refractivity contribution is 6.41. The fourth-order valence-electron chi connectivity index (χ4n) is 2.49. The Hall–Kier alpha value is -2.88. The number of aromatic nitrogens is 2. The first-order chi connectivity index (χ1) is 14.5. The molecular weight excluding hydrogens is 482 g/mol. The molecule has 0 radical (unpaired) electrons. The standard InChI is InChI=1S/C19H9Cl3F3N3O3/c20-11-2-1-8(16-26-4-3-14(27-16)19(23,24)25)5-10(11)17(29)28-15-12(21)6-9(18(30)31)7-13(15)22/h1-7H,(H,28,29)(H,30,31). The lowest BCUT2D eigenvalue weighted by Gasteiger charge is -2.12. The molecule has 0 aliphatic heterocycles. The molecule has 6 nitrogen and oxygen atoms in total. The van der Waals surface area contributed by atoms with Gasteiger partial charge in [0.05, 0.1) is 31.9 Å². The van der Waals surface area contributed by atoms with Crippen LogP contribution in [0.25, 0.3) is 11.4 Å². The number of amides is 1. The molecule has 3 rings (SSSR count). The Kier molecular flexibility index (Phi) is 6.40. The minimum absolute atomic E-state index is 0.0115. The number of benzene rings is 2. The van der Waals surface area contributed by atoms with E-state index in [0.29, 0.717) is 0 Å². The number of rotatable bonds is 4. The van der Waals surface area contributed by atoms with Gasteiger partial charge in [0.2, 0.25) is 0 Å². The van der Waals surface area contributed by atoms with Gasteiger partial charge in [-0.1, -0.05) is 34.8 Å². The molecule has 0 aliphatic rings. The molecule has 0 spiro atoms. The number of hydrogen-bond donors (Lipinski definition) is 2. The third-order valence-electron chi connectivity index (χ3n) is 3.94. The maximum Gasteiger partial charge on any atom is 0.433 e. The Labute approximate surface area is 187 Å². The molecule has 12 heteroatoms. The average Bonchev–Trinajstić information content (AvgIpc) is 2.70. The fraction of sp³-hybridized carbons (Fsp3) is 0.0526. The number of nitrogens with zero attached hydrogens (tertiary/aromatic N) is 2. The van der Waals surface area contributed by atoms with E-state index in [-0.39, 0.29) is 43.3 Å². The van der Waals surface area contributed by atoms with Crippen molar-refractivity contribution in [2.75, 3.05) is 5.32 Å². The number of alkyl halides is 3. The third kappa shape index (κ3) is 5.07. The second-order valence-electron chi connectivity index (χ2n) is 6.03. The van der Waals surface area contributed by atoms with E-state index in [1.165, 1.54) is 18.2 Å². The molecule has 31 heavy (non-hydrogen) atoms. The number of nitrogens with one attached hydrogen (secondary N) is 1. The van der Waals surface area contributed by atoms with Crippen LogP contribution in [-0.2, 0) is 6.18 Å². The van der Waals surface area contributed by atoms with Gasteiger partial charge in [0.15, 0.2) is 5.82 Å². The first-order valence-corrected chi connectivity index (χ1v) is 9.34. The smallest absolute Gasteiger partial charge is 0.433 e. The molecule has 2 aromatic carbocycles. The van der Waals surface area contributed by atoms with Gasteiger partial charge in [-0.15, -0.1) is 0 Å². The maximum absolute atomic E-state index is 12.9. The molecular formula is C19H9Cl3F3N3O3. The summed E-state index contributed by atoms with van der Waals surface area (Å²) in [5.41, 5.74) is -1.39. The zero-order valence-corrected chi connectivity index (χ0v) is 17.2. The number of carbonyl (C=O) groups is 2. The van der Waals surface area contributed by atoms with Gasteiger partial charge < -0.3 is 10.4 Å². The van der Waals surface area contributed by atoms with Crippen LogP contribution in [0.3, 0.4) is 0 Å². The summed E-state index contributed by atoms with van der Waals surface area (Å²) in [7, 11) is 0. The summed E-state index contributed by atoms with van der Waals surface area (Å²) >= 11 is 18.1. The van der Waals surface area contributed by atoms with Crippen molar-refractivity contribution in [3.05, 3.63) is 74.5 Å². The summed E-state index contributed by atoms with van der Waals surface area (Å²) in [4.78, 5) is 31.1. The van der Waals surface area contributed by atoms with E-state index in [9.17, 15) is 22.8 Å². The molecule has 1 heterocycles. The number of aromatic carboxylic acids is 1. The van der Waals surface area contributed by atoms with Crippen molar-refractivity contribution in [2.24, 2.45) is 0 Å². The van der Waals surface area contributed by atoms with E-state index in [1.54, 1.807) is 0 Å². The molecule has 0 saturated heterocycles. The topological polar surface area (TPSA) is 92.2 Å². The second-order valence-corrected chi connectivity index (χ2v) is 7.25. The van der Waals surface area contributed by atoms with E-state index in [2.05, 4.69) is 15.3 Å². The van der Waals surface area contributed by atoms with Gasteiger partial charge in [-0.25, -0.2) is 14.8 Å². The van der Waals surface area contributed by atoms with Crippen LogP contribution in [-0.4, -0.2) is 27.0 Å². The largest absolute Gasteiger partial charge is 0.478 e. The Balaban J connectivity index is 1.96. The van der Waals surface area contributed by atoms with Crippen molar-refractivity contribution < 1.29 is 27.9 Å². The summed E-state index contributed by atoms with van der Waals surface area (Å²) in [6, 6.07) is 6.78. The molecule has 1 amide bonds. The normalized spacial score (nSPS) is 11.3. The number of halogens is 6. The summed E-state index contributed by atoms with van der Waals surface area (Å²) in [6.45, 7) is 0. The van der Waals surface area contributed by atoms with Crippen LogP contribution < -0.4 is 5.32 Å². The minimum Gasteiger partial charge on any atom is -0.478 e. The first-order valence-electron chi connectivity index (χ1n) is 8.21. The van der Waals surface area contributed by atoms with Gasteiger partial charge in [0.25, 0.3) is 5.91 Å². The Morgan fingerprint density at radius 1 is 0.968 bits per heavy atom. The van der Waals surface area contributed by atoms with Gasteiger partial charge in [-0.05, 0) is 36.4 Å². The lowest BCUT2D eigenvalue weighted by atomic mass is 10.1. The van der Waals surface area contributed by atoms with Crippen LogP contribution in [0.1, 0.15) is 26.4 Å². The van der Waals surface area contributed by atoms with Gasteiger partial charge in [-0.2, -0.15) is 13.2 Å². The summed E-state index contributed by atoms with van der Waals surface area (Å²) in [5, 5.41) is 11.2. The van der Waals surface area contributed by atoms with Crippen LogP contribution in [0, 0.1) is 0 Å². The molecule has 0 unspecified atom stereocenters. The minimum atomic E-state index is -4.67. The van der Waals surface area contributed by atoms with E-state index in [0.717, 1.165) is 24.4 Å². The zero-order valence-electron chi connectivity index (χ0n) is 15.0. The summed E-state index contributed by atoms with van der Waals surface area (Å²) in [6.07, 6.45) is -3.72. The Morgan fingerprint density at radius 2 is 1.61 bits per heavy atom. The van der Waals surface area contributed by atoms with Crippen molar-refractivity contribution in [1.29, 1.82) is 0 Å². The van der Waals surface area contributed by atoms with Crippen LogP contribution in [0.5, 0.6) is 0 Å². The molecule has 0 atom stereocenters. The Morgan fingerprint density at radius 3 is 2.19 bits per heavy atom. The monoisotopic (exact) mass is 489 g/mol. The lowest BCUT2D eigenvalue weighted by Crippen LogP contribution is -2.14. The van der Waals surface area contributed by atoms with E-state index >= 15 is 0 Å². The number of hydrogen-bond acceptors (Lipinski definition) is 4. The number of carboxylic acid groups (broad SMARTS) is 1. The molecule has 160 valence electrons. The molecule has 2 N–H and O–H groups in total. The molecule has 0 fully saturated rings. The van der Waals surface area contributed by atoms with Crippen LogP contribution in [0.15, 0.2) is 42.6 Å². The molecule has 0 aliphatic carbocycles. The van der Waals surface area contributed by atoms with Crippen LogP contribution in [0.2, 0.25) is 15.1 Å². The maximum atomic E-state index is 12.9. The van der Waals surface area contributed by atoms with Crippen molar-refractivity contribution in [1.82, 2.24) is 9.97 Å². The van der Waals surface area contributed by atoms with Gasteiger partial charge in [-0.3, -0.25) is 4.79 Å². The molecule has 3 aromatic rings. The second kappa shape index (κ2) is 8.70. The highest BCUT2D eigenvalue weighted by Crippen LogP contribution is 2.34. The summed E-state index contributed by atoms with van der Waals surface area (Å²) in [5.74, 6) is -2.31. The van der Waals surface area contributed by atoms with E-state index in [4.69, 9.17) is 39.9 Å². The molecule has 1 aromatic heterocycles. The van der Waals surface area contributed by atoms with Crippen molar-refractivity contribution in [2.45, 2.75) is 6.18 Å². The van der Waals surface area contributed by atoms with Crippen molar-refractivity contribution >= 4 is 52.4 Å². The van der Waals surface area contributed by atoms with Gasteiger partial charge >= 0.3 is 12.1 Å². The number of anilines is 1. The zero-order chi connectivity index (χ0) is 22.9. The quantitative estimate of drug-likeness (QED) is 0.463. The van der Waals surface area contributed by atoms with Gasteiger partial charge in [0, 0.05) is 11.8 Å². The first kappa shape index (κ1) is 22.8. The molecule has 0 saturated carbocycles. The van der Waals surface area contributed by atoms with Crippen molar-refractivity contribution in [3.8, 4) is 11.4 Å². The van der Waals surface area contributed by atoms with Crippen LogP contribution >= 0.6 is 34.8 Å². The van der Waals surface area contributed by atoms with E-state index in [1.807, 2.05) is 0 Å².